The normalized spacial score (nSPS) is 10.3. The molecule has 2 rings (SSSR count). The summed E-state index contributed by atoms with van der Waals surface area (Å²) in [7, 11) is 3.09. The molecule has 0 saturated carbocycles. The van der Waals surface area contributed by atoms with Gasteiger partial charge in [0.25, 0.3) is 0 Å². The van der Waals surface area contributed by atoms with E-state index in [2.05, 4.69) is 36.0 Å². The summed E-state index contributed by atoms with van der Waals surface area (Å²) in [5, 5.41) is 7.74. The Labute approximate surface area is 106 Å². The lowest BCUT2D eigenvalue weighted by Gasteiger charge is -2.02. The second-order valence-electron chi connectivity index (χ2n) is 3.33. The van der Waals surface area contributed by atoms with Crippen molar-refractivity contribution < 1.29 is 9.53 Å². The van der Waals surface area contributed by atoms with Crippen LogP contribution in [-0.4, -0.2) is 33.1 Å². The summed E-state index contributed by atoms with van der Waals surface area (Å²) >= 11 is 3.24. The number of rotatable bonds is 2. The zero-order valence-electron chi connectivity index (χ0n) is 9.22. The molecule has 2 heterocycles. The summed E-state index contributed by atoms with van der Waals surface area (Å²) in [6, 6.07) is 3.20. The molecule has 0 saturated heterocycles. The number of esters is 1. The third kappa shape index (κ3) is 2.50. The van der Waals surface area contributed by atoms with Gasteiger partial charge < -0.3 is 4.74 Å². The standard InChI is InChI=1S/C10H9BrN4O2/c1-15-5-8(13-14-15)7-3-6(10(16)17-2)4-9(11)12-7/h3-5H,1-2H3. The SMILES string of the molecule is COC(=O)c1cc(Br)nc(-c2cn(C)nn2)c1. The third-order valence-corrected chi connectivity index (χ3v) is 2.49. The van der Waals surface area contributed by atoms with Gasteiger partial charge in [-0.15, -0.1) is 5.10 Å². The number of carbonyl (C=O) groups is 1. The molecule has 0 spiro atoms. The highest BCUT2D eigenvalue weighted by Gasteiger charge is 2.12. The zero-order chi connectivity index (χ0) is 12.4. The minimum atomic E-state index is -0.418. The lowest BCUT2D eigenvalue weighted by Crippen LogP contribution is -2.02. The molecule has 0 amide bonds. The van der Waals surface area contributed by atoms with E-state index in [0.29, 0.717) is 21.6 Å². The molecule has 0 aliphatic heterocycles. The molecule has 2 aromatic heterocycles. The molecule has 7 heteroatoms. The van der Waals surface area contributed by atoms with E-state index < -0.39 is 5.97 Å². The van der Waals surface area contributed by atoms with Crippen molar-refractivity contribution in [2.24, 2.45) is 7.05 Å². The van der Waals surface area contributed by atoms with Crippen molar-refractivity contribution in [1.82, 2.24) is 20.0 Å². The Balaban J connectivity index is 2.48. The highest BCUT2D eigenvalue weighted by atomic mass is 79.9. The molecule has 17 heavy (non-hydrogen) atoms. The lowest BCUT2D eigenvalue weighted by molar-refractivity contribution is 0.0600. The fourth-order valence-corrected chi connectivity index (χ4v) is 1.77. The van der Waals surface area contributed by atoms with Crippen molar-refractivity contribution in [2.75, 3.05) is 7.11 Å². The molecule has 0 N–H and O–H groups in total. The largest absolute Gasteiger partial charge is 0.465 e. The molecule has 0 unspecified atom stereocenters. The summed E-state index contributed by atoms with van der Waals surface area (Å²) in [5.74, 6) is -0.418. The maximum atomic E-state index is 11.4. The first-order valence-electron chi connectivity index (χ1n) is 4.73. The third-order valence-electron chi connectivity index (χ3n) is 2.08. The van der Waals surface area contributed by atoms with Gasteiger partial charge in [-0.3, -0.25) is 4.68 Å². The molecule has 6 nitrogen and oxygen atoms in total. The van der Waals surface area contributed by atoms with Gasteiger partial charge in [0.05, 0.1) is 24.6 Å². The maximum Gasteiger partial charge on any atom is 0.338 e. The van der Waals surface area contributed by atoms with Gasteiger partial charge in [0.2, 0.25) is 0 Å². The van der Waals surface area contributed by atoms with E-state index in [1.165, 1.54) is 7.11 Å². The number of ether oxygens (including phenoxy) is 1. The van der Waals surface area contributed by atoms with Gasteiger partial charge in [0, 0.05) is 7.05 Å². The fraction of sp³-hybridized carbons (Fsp3) is 0.200. The number of pyridine rings is 1. The number of nitrogens with zero attached hydrogens (tertiary/aromatic N) is 4. The molecule has 88 valence electrons. The van der Waals surface area contributed by atoms with Crippen LogP contribution in [0.15, 0.2) is 22.9 Å². The molecule has 2 aromatic rings. The van der Waals surface area contributed by atoms with Crippen molar-refractivity contribution in [3.8, 4) is 11.4 Å². The van der Waals surface area contributed by atoms with E-state index in [4.69, 9.17) is 0 Å². The number of hydrogen-bond acceptors (Lipinski definition) is 5. The quantitative estimate of drug-likeness (QED) is 0.619. The van der Waals surface area contributed by atoms with Crippen LogP contribution in [0.4, 0.5) is 0 Å². The Morgan fingerprint density at radius 2 is 2.18 bits per heavy atom. The monoisotopic (exact) mass is 296 g/mol. The number of carbonyl (C=O) groups excluding carboxylic acids is 1. The van der Waals surface area contributed by atoms with Crippen molar-refractivity contribution in [2.45, 2.75) is 0 Å². The summed E-state index contributed by atoms with van der Waals surface area (Å²) in [6.07, 6.45) is 1.72. The molecular weight excluding hydrogens is 288 g/mol. The first-order valence-corrected chi connectivity index (χ1v) is 5.52. The van der Waals surface area contributed by atoms with Crippen molar-refractivity contribution in [1.29, 1.82) is 0 Å². The molecule has 0 aromatic carbocycles. The average molecular weight is 297 g/mol. The van der Waals surface area contributed by atoms with Gasteiger partial charge in [0.15, 0.2) is 0 Å². The van der Waals surface area contributed by atoms with Crippen molar-refractivity contribution in [3.63, 3.8) is 0 Å². The van der Waals surface area contributed by atoms with E-state index in [0.717, 1.165) is 0 Å². The van der Waals surface area contributed by atoms with Gasteiger partial charge in [-0.1, -0.05) is 5.21 Å². The molecule has 0 bridgehead atoms. The van der Waals surface area contributed by atoms with E-state index in [-0.39, 0.29) is 0 Å². The van der Waals surface area contributed by atoms with Gasteiger partial charge in [-0.05, 0) is 28.1 Å². The number of aromatic nitrogens is 4. The van der Waals surface area contributed by atoms with Crippen LogP contribution in [0.25, 0.3) is 11.4 Å². The molecule has 0 atom stereocenters. The summed E-state index contributed by atoms with van der Waals surface area (Å²) in [6.45, 7) is 0. The minimum Gasteiger partial charge on any atom is -0.465 e. The smallest absolute Gasteiger partial charge is 0.338 e. The summed E-state index contributed by atoms with van der Waals surface area (Å²) < 4.78 is 6.77. The van der Waals surface area contributed by atoms with Crippen LogP contribution in [0.2, 0.25) is 0 Å². The van der Waals surface area contributed by atoms with E-state index in [1.54, 1.807) is 30.1 Å². The number of hydrogen-bond donors (Lipinski definition) is 0. The minimum absolute atomic E-state index is 0.412. The van der Waals surface area contributed by atoms with Crippen LogP contribution in [0, 0.1) is 0 Å². The number of aryl methyl sites for hydroxylation is 1. The summed E-state index contributed by atoms with van der Waals surface area (Å²) in [4.78, 5) is 15.7. The van der Waals surface area contributed by atoms with E-state index in [1.807, 2.05) is 0 Å². The van der Waals surface area contributed by atoms with Crippen LogP contribution in [0.1, 0.15) is 10.4 Å². The Bertz CT molecular complexity index is 567. The van der Waals surface area contributed by atoms with Crippen LogP contribution in [-0.2, 0) is 11.8 Å². The van der Waals surface area contributed by atoms with Crippen LogP contribution >= 0.6 is 15.9 Å². The predicted molar refractivity (Wildman–Crippen MR) is 63.3 cm³/mol. The maximum absolute atomic E-state index is 11.4. The summed E-state index contributed by atoms with van der Waals surface area (Å²) in [5.41, 5.74) is 1.57. The number of halogens is 1. The highest BCUT2D eigenvalue weighted by molar-refractivity contribution is 9.10. The predicted octanol–water partition coefficient (Wildman–Crippen LogP) is 1.43. The first-order chi connectivity index (χ1) is 8.10. The van der Waals surface area contributed by atoms with Crippen molar-refractivity contribution in [3.05, 3.63) is 28.5 Å². The van der Waals surface area contributed by atoms with Gasteiger partial charge in [0.1, 0.15) is 10.3 Å². The van der Waals surface area contributed by atoms with Crippen LogP contribution in [0.3, 0.4) is 0 Å². The highest BCUT2D eigenvalue weighted by Crippen LogP contribution is 2.19. The van der Waals surface area contributed by atoms with Gasteiger partial charge in [-0.25, -0.2) is 9.78 Å². The molecule has 0 aliphatic carbocycles. The average Bonchev–Trinajstić information content (AvgIpc) is 2.74. The Kier molecular flexibility index (Phi) is 3.19. The molecule has 0 radical (unpaired) electrons. The topological polar surface area (TPSA) is 69.9 Å². The van der Waals surface area contributed by atoms with Gasteiger partial charge >= 0.3 is 5.97 Å². The number of methoxy groups -OCH3 is 1. The van der Waals surface area contributed by atoms with Gasteiger partial charge in [-0.2, -0.15) is 0 Å². The zero-order valence-corrected chi connectivity index (χ0v) is 10.8. The molecule has 0 aliphatic rings. The second-order valence-corrected chi connectivity index (χ2v) is 4.15. The molecule has 0 fully saturated rings. The van der Waals surface area contributed by atoms with Crippen LogP contribution in [0.5, 0.6) is 0 Å². The van der Waals surface area contributed by atoms with Crippen LogP contribution < -0.4 is 0 Å². The Hall–Kier alpha value is -1.76. The second kappa shape index (κ2) is 4.62. The van der Waals surface area contributed by atoms with Crippen molar-refractivity contribution >= 4 is 21.9 Å². The van der Waals surface area contributed by atoms with E-state index in [9.17, 15) is 4.79 Å². The lowest BCUT2D eigenvalue weighted by atomic mass is 10.2. The molecular formula is C10H9BrN4O2. The fourth-order valence-electron chi connectivity index (χ4n) is 1.33. The van der Waals surface area contributed by atoms with E-state index >= 15 is 0 Å². The Morgan fingerprint density at radius 1 is 1.41 bits per heavy atom. The first kappa shape index (κ1) is 11.7. The Morgan fingerprint density at radius 3 is 2.76 bits per heavy atom.